The van der Waals surface area contributed by atoms with E-state index in [1.807, 2.05) is 36.4 Å². The molecule has 4 nitrogen and oxygen atoms in total. The largest absolute Gasteiger partial charge is 0.463 e. The van der Waals surface area contributed by atoms with Gasteiger partial charge in [0.1, 0.15) is 0 Å². The molecule has 25 heavy (non-hydrogen) atoms. The van der Waals surface area contributed by atoms with E-state index in [-0.39, 0.29) is 0 Å². The van der Waals surface area contributed by atoms with E-state index in [0.717, 1.165) is 26.1 Å². The van der Waals surface area contributed by atoms with Crippen LogP contribution in [0.4, 0.5) is 0 Å². The number of nitrogens with zero attached hydrogens (tertiary/aromatic N) is 1. The number of likely N-dealkylation sites (tertiary alicyclic amines) is 1. The Hall–Kier alpha value is -2.17. The standard InChI is InChI=1S/C21H25NO3/c23-20(25-17-9-16-22-14-7-8-15-22)21(24,18-10-3-1-4-11-18)19-12-5-2-6-13-19/h1-6,10-13,24H,7-9,14-17H2. The first-order valence-electron chi connectivity index (χ1n) is 8.94. The summed E-state index contributed by atoms with van der Waals surface area (Å²) < 4.78 is 5.46. The monoisotopic (exact) mass is 339 g/mol. The number of esters is 1. The minimum atomic E-state index is -1.78. The van der Waals surface area contributed by atoms with E-state index in [0.29, 0.717) is 17.7 Å². The number of carbonyl (C=O) groups excluding carboxylic acids is 1. The highest BCUT2D eigenvalue weighted by molar-refractivity contribution is 5.85. The fourth-order valence-electron chi connectivity index (χ4n) is 3.32. The molecule has 0 aromatic heterocycles. The molecule has 0 aliphatic carbocycles. The Kier molecular flexibility index (Phi) is 5.84. The van der Waals surface area contributed by atoms with E-state index in [1.165, 1.54) is 12.8 Å². The highest BCUT2D eigenvalue weighted by atomic mass is 16.5. The van der Waals surface area contributed by atoms with Crippen molar-refractivity contribution in [1.82, 2.24) is 4.90 Å². The minimum Gasteiger partial charge on any atom is -0.463 e. The molecule has 0 bridgehead atoms. The van der Waals surface area contributed by atoms with Gasteiger partial charge in [0.2, 0.25) is 5.60 Å². The lowest BCUT2D eigenvalue weighted by molar-refractivity contribution is -0.162. The second-order valence-corrected chi connectivity index (χ2v) is 6.48. The molecule has 1 N–H and O–H groups in total. The van der Waals surface area contributed by atoms with E-state index >= 15 is 0 Å². The van der Waals surface area contributed by atoms with Gasteiger partial charge >= 0.3 is 5.97 Å². The van der Waals surface area contributed by atoms with Crippen LogP contribution in [0.3, 0.4) is 0 Å². The number of rotatable bonds is 7. The third-order valence-corrected chi connectivity index (χ3v) is 4.73. The van der Waals surface area contributed by atoms with Crippen molar-refractivity contribution >= 4 is 5.97 Å². The molecule has 4 heteroatoms. The van der Waals surface area contributed by atoms with Crippen molar-refractivity contribution in [2.24, 2.45) is 0 Å². The van der Waals surface area contributed by atoms with Gasteiger partial charge in [0.05, 0.1) is 6.61 Å². The van der Waals surface area contributed by atoms with Crippen molar-refractivity contribution in [2.75, 3.05) is 26.2 Å². The smallest absolute Gasteiger partial charge is 0.347 e. The summed E-state index contributed by atoms with van der Waals surface area (Å²) in [6.45, 7) is 3.51. The number of hydrogen-bond donors (Lipinski definition) is 1. The van der Waals surface area contributed by atoms with Gasteiger partial charge in [-0.2, -0.15) is 0 Å². The van der Waals surface area contributed by atoms with Gasteiger partial charge in [-0.1, -0.05) is 60.7 Å². The van der Waals surface area contributed by atoms with E-state index in [1.54, 1.807) is 24.3 Å². The summed E-state index contributed by atoms with van der Waals surface area (Å²) in [5.74, 6) is -0.619. The van der Waals surface area contributed by atoms with E-state index in [4.69, 9.17) is 4.74 Å². The van der Waals surface area contributed by atoms with Gasteiger partial charge in [-0.15, -0.1) is 0 Å². The summed E-state index contributed by atoms with van der Waals surface area (Å²) in [5.41, 5.74) is -0.743. The lowest BCUT2D eigenvalue weighted by atomic mass is 9.86. The molecule has 0 unspecified atom stereocenters. The van der Waals surface area contributed by atoms with E-state index in [9.17, 15) is 9.90 Å². The van der Waals surface area contributed by atoms with Crippen LogP contribution in [0.15, 0.2) is 60.7 Å². The number of ether oxygens (including phenoxy) is 1. The summed E-state index contributed by atoms with van der Waals surface area (Å²) >= 11 is 0. The van der Waals surface area contributed by atoms with Gasteiger partial charge in [-0.25, -0.2) is 4.79 Å². The van der Waals surface area contributed by atoms with E-state index < -0.39 is 11.6 Å². The first-order valence-corrected chi connectivity index (χ1v) is 8.94. The van der Waals surface area contributed by atoms with Gasteiger partial charge in [0.15, 0.2) is 0 Å². The van der Waals surface area contributed by atoms with Gasteiger partial charge in [-0.05, 0) is 43.5 Å². The third kappa shape index (κ3) is 4.09. The molecule has 0 saturated carbocycles. The molecule has 132 valence electrons. The fourth-order valence-corrected chi connectivity index (χ4v) is 3.32. The van der Waals surface area contributed by atoms with Crippen molar-refractivity contribution in [1.29, 1.82) is 0 Å². The zero-order valence-electron chi connectivity index (χ0n) is 14.4. The molecule has 2 aromatic rings. The van der Waals surface area contributed by atoms with Crippen LogP contribution in [-0.4, -0.2) is 42.2 Å². The van der Waals surface area contributed by atoms with Crippen LogP contribution in [0.25, 0.3) is 0 Å². The number of hydrogen-bond acceptors (Lipinski definition) is 4. The lowest BCUT2D eigenvalue weighted by Crippen LogP contribution is -2.39. The Labute approximate surface area is 149 Å². The van der Waals surface area contributed by atoms with Crippen LogP contribution in [0.2, 0.25) is 0 Å². The van der Waals surface area contributed by atoms with Crippen molar-refractivity contribution in [3.8, 4) is 0 Å². The molecule has 0 atom stereocenters. The maximum absolute atomic E-state index is 12.8. The van der Waals surface area contributed by atoms with Gasteiger partial charge in [0.25, 0.3) is 0 Å². The Balaban J connectivity index is 1.69. The second-order valence-electron chi connectivity index (χ2n) is 6.48. The fraction of sp³-hybridized carbons (Fsp3) is 0.381. The van der Waals surface area contributed by atoms with Crippen LogP contribution >= 0.6 is 0 Å². The SMILES string of the molecule is O=C(OCCCN1CCCC1)C(O)(c1ccccc1)c1ccccc1. The Bertz CT molecular complexity index is 627. The van der Waals surface area contributed by atoms with Crippen LogP contribution in [0.5, 0.6) is 0 Å². The first-order chi connectivity index (χ1) is 12.2. The molecule has 0 spiro atoms. The predicted molar refractivity (Wildman–Crippen MR) is 97.1 cm³/mol. The maximum Gasteiger partial charge on any atom is 0.347 e. The quantitative estimate of drug-likeness (QED) is 0.622. The number of carbonyl (C=O) groups is 1. The molecule has 3 rings (SSSR count). The molecule has 2 aromatic carbocycles. The van der Waals surface area contributed by atoms with E-state index in [2.05, 4.69) is 4.90 Å². The normalized spacial score (nSPS) is 15.2. The van der Waals surface area contributed by atoms with Crippen LogP contribution < -0.4 is 0 Å². The van der Waals surface area contributed by atoms with Crippen LogP contribution in [-0.2, 0) is 15.1 Å². The highest BCUT2D eigenvalue weighted by Gasteiger charge is 2.41. The molecule has 0 amide bonds. The zero-order chi connectivity index (χ0) is 17.5. The first kappa shape index (κ1) is 17.6. The van der Waals surface area contributed by atoms with Crippen LogP contribution in [0, 0.1) is 0 Å². The molecule has 1 aliphatic heterocycles. The molecular weight excluding hydrogens is 314 g/mol. The van der Waals surface area contributed by atoms with Crippen molar-refractivity contribution in [3.63, 3.8) is 0 Å². The second kappa shape index (κ2) is 8.28. The molecule has 1 fully saturated rings. The Morgan fingerprint density at radius 3 is 2.00 bits per heavy atom. The van der Waals surface area contributed by atoms with Crippen LogP contribution in [0.1, 0.15) is 30.4 Å². The zero-order valence-corrected chi connectivity index (χ0v) is 14.4. The molecule has 0 radical (unpaired) electrons. The van der Waals surface area contributed by atoms with Crippen molar-refractivity contribution < 1.29 is 14.6 Å². The summed E-state index contributed by atoms with van der Waals surface area (Å²) in [5, 5.41) is 11.2. The summed E-state index contributed by atoms with van der Waals surface area (Å²) in [4.78, 5) is 15.2. The molecule has 1 aliphatic rings. The Morgan fingerprint density at radius 1 is 0.960 bits per heavy atom. The topological polar surface area (TPSA) is 49.8 Å². The number of aliphatic hydroxyl groups is 1. The van der Waals surface area contributed by atoms with Crippen molar-refractivity contribution in [2.45, 2.75) is 24.9 Å². The average Bonchev–Trinajstić information content (AvgIpc) is 3.19. The molecular formula is C21H25NO3. The Morgan fingerprint density at radius 2 is 1.48 bits per heavy atom. The van der Waals surface area contributed by atoms with Gasteiger partial charge in [0, 0.05) is 6.54 Å². The summed E-state index contributed by atoms with van der Waals surface area (Å²) in [6.07, 6.45) is 3.29. The molecule has 1 saturated heterocycles. The lowest BCUT2D eigenvalue weighted by Gasteiger charge is -2.27. The number of benzene rings is 2. The molecule has 1 heterocycles. The minimum absolute atomic E-state index is 0.317. The average molecular weight is 339 g/mol. The summed E-state index contributed by atoms with van der Waals surface area (Å²) in [7, 11) is 0. The third-order valence-electron chi connectivity index (χ3n) is 4.73. The van der Waals surface area contributed by atoms with Gasteiger partial charge in [-0.3, -0.25) is 0 Å². The van der Waals surface area contributed by atoms with Gasteiger partial charge < -0.3 is 14.7 Å². The highest BCUT2D eigenvalue weighted by Crippen LogP contribution is 2.31. The summed E-state index contributed by atoms with van der Waals surface area (Å²) in [6, 6.07) is 17.9. The predicted octanol–water partition coefficient (Wildman–Crippen LogP) is 2.95. The van der Waals surface area contributed by atoms with Crippen molar-refractivity contribution in [3.05, 3.63) is 71.8 Å². The maximum atomic E-state index is 12.8.